The SMILES string of the molecule is COC(CN(C)C)CN(C)C(C)C. The molecule has 0 saturated heterocycles. The lowest BCUT2D eigenvalue weighted by Crippen LogP contribution is -2.40. The van der Waals surface area contributed by atoms with E-state index >= 15 is 0 Å². The third-order valence-electron chi connectivity index (χ3n) is 2.28. The summed E-state index contributed by atoms with van der Waals surface area (Å²) in [6.45, 7) is 6.37. The molecule has 0 aromatic heterocycles. The monoisotopic (exact) mass is 188 g/mol. The molecule has 0 spiro atoms. The molecule has 3 heteroatoms. The Morgan fingerprint density at radius 3 is 1.92 bits per heavy atom. The smallest absolute Gasteiger partial charge is 0.0824 e. The Hall–Kier alpha value is -0.120. The first-order chi connectivity index (χ1) is 5.97. The Bertz CT molecular complexity index is 126. The fraction of sp³-hybridized carbons (Fsp3) is 1.00. The van der Waals surface area contributed by atoms with Gasteiger partial charge in [-0.1, -0.05) is 0 Å². The molecule has 0 aliphatic heterocycles. The molecule has 0 bridgehead atoms. The lowest BCUT2D eigenvalue weighted by atomic mass is 10.2. The summed E-state index contributed by atoms with van der Waals surface area (Å²) in [5.74, 6) is 0. The second-order valence-electron chi connectivity index (χ2n) is 4.15. The molecule has 0 heterocycles. The fourth-order valence-electron chi connectivity index (χ4n) is 1.15. The van der Waals surface area contributed by atoms with Gasteiger partial charge in [-0.3, -0.25) is 0 Å². The van der Waals surface area contributed by atoms with Crippen molar-refractivity contribution in [1.29, 1.82) is 0 Å². The van der Waals surface area contributed by atoms with Crippen LogP contribution in [0.1, 0.15) is 13.8 Å². The van der Waals surface area contributed by atoms with Gasteiger partial charge in [0.15, 0.2) is 0 Å². The van der Waals surface area contributed by atoms with Crippen LogP contribution in [0.25, 0.3) is 0 Å². The zero-order valence-corrected chi connectivity index (χ0v) is 9.87. The van der Waals surface area contributed by atoms with Gasteiger partial charge in [-0.15, -0.1) is 0 Å². The maximum absolute atomic E-state index is 5.40. The van der Waals surface area contributed by atoms with Crippen molar-refractivity contribution in [2.75, 3.05) is 41.3 Å². The van der Waals surface area contributed by atoms with Gasteiger partial charge < -0.3 is 14.5 Å². The maximum atomic E-state index is 5.40. The minimum absolute atomic E-state index is 0.308. The molecule has 0 radical (unpaired) electrons. The molecule has 1 atom stereocenters. The van der Waals surface area contributed by atoms with Crippen molar-refractivity contribution in [2.45, 2.75) is 26.0 Å². The molecule has 80 valence electrons. The highest BCUT2D eigenvalue weighted by atomic mass is 16.5. The van der Waals surface area contributed by atoms with Crippen molar-refractivity contribution >= 4 is 0 Å². The van der Waals surface area contributed by atoms with Crippen LogP contribution in [0.5, 0.6) is 0 Å². The average molecular weight is 188 g/mol. The van der Waals surface area contributed by atoms with Crippen LogP contribution < -0.4 is 0 Å². The predicted molar refractivity (Wildman–Crippen MR) is 57.1 cm³/mol. The van der Waals surface area contributed by atoms with E-state index in [9.17, 15) is 0 Å². The minimum Gasteiger partial charge on any atom is -0.379 e. The minimum atomic E-state index is 0.308. The summed E-state index contributed by atoms with van der Waals surface area (Å²) < 4.78 is 5.40. The Kier molecular flexibility index (Phi) is 6.29. The largest absolute Gasteiger partial charge is 0.379 e. The van der Waals surface area contributed by atoms with Crippen LogP contribution in [0.3, 0.4) is 0 Å². The van der Waals surface area contributed by atoms with Crippen LogP contribution in [-0.4, -0.2) is 63.3 Å². The van der Waals surface area contributed by atoms with E-state index < -0.39 is 0 Å². The van der Waals surface area contributed by atoms with Crippen molar-refractivity contribution in [3.05, 3.63) is 0 Å². The van der Waals surface area contributed by atoms with Crippen LogP contribution in [0.2, 0.25) is 0 Å². The lowest BCUT2D eigenvalue weighted by Gasteiger charge is -2.27. The Labute approximate surface area is 82.7 Å². The quantitative estimate of drug-likeness (QED) is 0.616. The van der Waals surface area contributed by atoms with E-state index in [4.69, 9.17) is 4.74 Å². The molecule has 0 aromatic rings. The number of hydrogen-bond donors (Lipinski definition) is 0. The normalized spacial score (nSPS) is 14.5. The van der Waals surface area contributed by atoms with Gasteiger partial charge in [-0.2, -0.15) is 0 Å². The summed E-state index contributed by atoms with van der Waals surface area (Å²) in [7, 11) is 8.05. The van der Waals surface area contributed by atoms with Gasteiger partial charge in [0.25, 0.3) is 0 Å². The molecule has 0 N–H and O–H groups in total. The van der Waals surface area contributed by atoms with Crippen LogP contribution in [-0.2, 0) is 4.74 Å². The summed E-state index contributed by atoms with van der Waals surface area (Å²) in [6.07, 6.45) is 0.308. The number of hydrogen-bond acceptors (Lipinski definition) is 3. The molecular weight excluding hydrogens is 164 g/mol. The first-order valence-electron chi connectivity index (χ1n) is 4.85. The van der Waals surface area contributed by atoms with Crippen molar-refractivity contribution in [3.8, 4) is 0 Å². The van der Waals surface area contributed by atoms with E-state index in [1.54, 1.807) is 7.11 Å². The van der Waals surface area contributed by atoms with Crippen LogP contribution in [0.15, 0.2) is 0 Å². The van der Waals surface area contributed by atoms with E-state index in [1.165, 1.54) is 0 Å². The van der Waals surface area contributed by atoms with Gasteiger partial charge in [0.05, 0.1) is 6.10 Å². The zero-order chi connectivity index (χ0) is 10.4. The molecule has 0 saturated carbocycles. The van der Waals surface area contributed by atoms with Crippen LogP contribution in [0, 0.1) is 0 Å². The summed E-state index contributed by atoms with van der Waals surface area (Å²) in [5.41, 5.74) is 0. The van der Waals surface area contributed by atoms with Crippen molar-refractivity contribution < 1.29 is 4.74 Å². The molecule has 0 aliphatic carbocycles. The van der Waals surface area contributed by atoms with Gasteiger partial charge in [0.2, 0.25) is 0 Å². The summed E-state index contributed by atoms with van der Waals surface area (Å²) >= 11 is 0. The first-order valence-corrected chi connectivity index (χ1v) is 4.85. The van der Waals surface area contributed by atoms with E-state index in [0.29, 0.717) is 12.1 Å². The predicted octanol–water partition coefficient (Wildman–Crippen LogP) is 0.903. The molecule has 1 unspecified atom stereocenters. The van der Waals surface area contributed by atoms with Gasteiger partial charge in [-0.25, -0.2) is 0 Å². The second-order valence-corrected chi connectivity index (χ2v) is 4.15. The second kappa shape index (κ2) is 6.35. The average Bonchev–Trinajstić information content (AvgIpc) is 2.02. The Morgan fingerprint density at radius 2 is 1.62 bits per heavy atom. The maximum Gasteiger partial charge on any atom is 0.0824 e. The number of likely N-dealkylation sites (N-methyl/N-ethyl adjacent to an activating group) is 2. The third kappa shape index (κ3) is 6.02. The molecule has 0 fully saturated rings. The van der Waals surface area contributed by atoms with Crippen molar-refractivity contribution in [3.63, 3.8) is 0 Å². The van der Waals surface area contributed by atoms with E-state index in [0.717, 1.165) is 13.1 Å². The highest BCUT2D eigenvalue weighted by Gasteiger charge is 2.13. The summed E-state index contributed by atoms with van der Waals surface area (Å²) in [5, 5.41) is 0. The summed E-state index contributed by atoms with van der Waals surface area (Å²) in [4.78, 5) is 4.46. The highest BCUT2D eigenvalue weighted by molar-refractivity contribution is 4.67. The highest BCUT2D eigenvalue weighted by Crippen LogP contribution is 1.99. The third-order valence-corrected chi connectivity index (χ3v) is 2.28. The molecule has 13 heavy (non-hydrogen) atoms. The lowest BCUT2D eigenvalue weighted by molar-refractivity contribution is 0.0452. The zero-order valence-electron chi connectivity index (χ0n) is 9.87. The van der Waals surface area contributed by atoms with E-state index in [1.807, 2.05) is 0 Å². The molecule has 0 aliphatic rings. The fourth-order valence-corrected chi connectivity index (χ4v) is 1.15. The molecule has 0 aromatic carbocycles. The molecule has 3 nitrogen and oxygen atoms in total. The van der Waals surface area contributed by atoms with Crippen molar-refractivity contribution in [2.24, 2.45) is 0 Å². The standard InChI is InChI=1S/C10H24N2O/c1-9(2)12(5)8-10(13-6)7-11(3)4/h9-10H,7-8H2,1-6H3. The molecule has 0 rings (SSSR count). The Morgan fingerprint density at radius 1 is 1.08 bits per heavy atom. The Balaban J connectivity index is 3.83. The first kappa shape index (κ1) is 12.9. The number of ether oxygens (including phenoxy) is 1. The molecular formula is C10H24N2O. The van der Waals surface area contributed by atoms with Crippen LogP contribution in [0.4, 0.5) is 0 Å². The molecule has 0 amide bonds. The topological polar surface area (TPSA) is 15.7 Å². The number of nitrogens with zero attached hydrogens (tertiary/aromatic N) is 2. The number of methoxy groups -OCH3 is 1. The van der Waals surface area contributed by atoms with E-state index in [-0.39, 0.29) is 0 Å². The van der Waals surface area contributed by atoms with E-state index in [2.05, 4.69) is 44.8 Å². The van der Waals surface area contributed by atoms with Gasteiger partial charge in [-0.05, 0) is 35.0 Å². The van der Waals surface area contributed by atoms with Gasteiger partial charge in [0, 0.05) is 26.2 Å². The van der Waals surface area contributed by atoms with Crippen LogP contribution >= 0.6 is 0 Å². The van der Waals surface area contributed by atoms with Gasteiger partial charge >= 0.3 is 0 Å². The van der Waals surface area contributed by atoms with Crippen molar-refractivity contribution in [1.82, 2.24) is 9.80 Å². The van der Waals surface area contributed by atoms with Gasteiger partial charge in [0.1, 0.15) is 0 Å². The summed E-state index contributed by atoms with van der Waals surface area (Å²) in [6, 6.07) is 0.583. The number of rotatable bonds is 6.